The van der Waals surface area contributed by atoms with Gasteiger partial charge in [0.25, 0.3) is 0 Å². The lowest BCUT2D eigenvalue weighted by molar-refractivity contribution is -0.141. The van der Waals surface area contributed by atoms with Crippen LogP contribution in [0.1, 0.15) is 58.9 Å². The molecule has 0 aliphatic carbocycles. The van der Waals surface area contributed by atoms with Crippen molar-refractivity contribution in [3.8, 4) is 5.75 Å². The lowest BCUT2D eigenvalue weighted by Gasteiger charge is -2.32. The van der Waals surface area contributed by atoms with E-state index in [1.807, 2.05) is 58.0 Å². The third kappa shape index (κ3) is 9.67. The molecule has 0 heterocycles. The number of nitrogens with one attached hydrogen (secondary N) is 1. The Bertz CT molecular complexity index is 1110. The van der Waals surface area contributed by atoms with Gasteiger partial charge in [0.1, 0.15) is 11.8 Å². The van der Waals surface area contributed by atoms with Crippen molar-refractivity contribution in [2.24, 2.45) is 0 Å². The van der Waals surface area contributed by atoms with Crippen LogP contribution < -0.4 is 14.4 Å². The molecule has 9 heteroatoms. The summed E-state index contributed by atoms with van der Waals surface area (Å²) in [6.07, 6.45) is 3.53. The summed E-state index contributed by atoms with van der Waals surface area (Å²) >= 11 is 0. The van der Waals surface area contributed by atoms with Crippen LogP contribution in [0.25, 0.3) is 0 Å². The summed E-state index contributed by atoms with van der Waals surface area (Å²) in [6.45, 7) is 8.82. The number of benzene rings is 2. The topological polar surface area (TPSA) is 96.0 Å². The van der Waals surface area contributed by atoms with Gasteiger partial charge in [-0.3, -0.25) is 13.9 Å². The lowest BCUT2D eigenvalue weighted by Crippen LogP contribution is -2.51. The molecular formula is C29H43N3O5S. The number of rotatable bonds is 16. The molecule has 2 unspecified atom stereocenters. The molecule has 2 rings (SSSR count). The van der Waals surface area contributed by atoms with Crippen molar-refractivity contribution in [2.45, 2.75) is 71.9 Å². The molecule has 0 saturated heterocycles. The van der Waals surface area contributed by atoms with Gasteiger partial charge in [-0.15, -0.1) is 0 Å². The summed E-state index contributed by atoms with van der Waals surface area (Å²) in [5, 5.41) is 3.01. The fourth-order valence-electron chi connectivity index (χ4n) is 4.22. The second kappa shape index (κ2) is 15.4. The smallest absolute Gasteiger partial charge is 0.243 e. The average molecular weight is 546 g/mol. The maximum absolute atomic E-state index is 13.5. The third-order valence-electron chi connectivity index (χ3n) is 6.46. The van der Waals surface area contributed by atoms with Crippen LogP contribution >= 0.6 is 0 Å². The van der Waals surface area contributed by atoms with Crippen LogP contribution in [0.15, 0.2) is 54.6 Å². The van der Waals surface area contributed by atoms with Crippen molar-refractivity contribution in [3.05, 3.63) is 60.2 Å². The zero-order chi connectivity index (χ0) is 28.1. The monoisotopic (exact) mass is 545 g/mol. The summed E-state index contributed by atoms with van der Waals surface area (Å²) in [6, 6.07) is 16.1. The Morgan fingerprint density at radius 1 is 0.947 bits per heavy atom. The van der Waals surface area contributed by atoms with E-state index in [4.69, 9.17) is 4.74 Å². The molecule has 0 aliphatic heterocycles. The van der Waals surface area contributed by atoms with E-state index in [1.54, 1.807) is 29.2 Å². The minimum atomic E-state index is -3.55. The SMILES string of the molecule is CCOc1ccc(N(CCCC(=O)N(CCc2ccccc2)C(CC)C(=O)NC(C)CC)S(C)(=O)=O)cc1. The van der Waals surface area contributed by atoms with Gasteiger partial charge >= 0.3 is 0 Å². The summed E-state index contributed by atoms with van der Waals surface area (Å²) in [7, 11) is -3.55. The summed E-state index contributed by atoms with van der Waals surface area (Å²) in [5.41, 5.74) is 1.60. The molecule has 2 aromatic rings. The number of ether oxygens (including phenoxy) is 1. The molecule has 2 aromatic carbocycles. The van der Waals surface area contributed by atoms with Crippen molar-refractivity contribution >= 4 is 27.5 Å². The standard InChI is InChI=1S/C29H43N3O5S/c1-6-23(4)30-29(34)27(7-2)31(22-20-24-13-10-9-11-14-24)28(33)15-12-21-32(38(5,35)36)25-16-18-26(19-17-25)37-8-3/h9-11,13-14,16-19,23,27H,6-8,12,15,20-22H2,1-5H3,(H,30,34). The van der Waals surface area contributed by atoms with Crippen molar-refractivity contribution in [2.75, 3.05) is 30.3 Å². The second-order valence-corrected chi connectivity index (χ2v) is 11.3. The van der Waals surface area contributed by atoms with Crippen molar-refractivity contribution in [1.29, 1.82) is 0 Å². The van der Waals surface area contributed by atoms with Crippen LogP contribution in [0, 0.1) is 0 Å². The van der Waals surface area contributed by atoms with E-state index in [9.17, 15) is 18.0 Å². The molecule has 38 heavy (non-hydrogen) atoms. The minimum Gasteiger partial charge on any atom is -0.494 e. The Morgan fingerprint density at radius 3 is 2.16 bits per heavy atom. The van der Waals surface area contributed by atoms with Crippen molar-refractivity contribution in [3.63, 3.8) is 0 Å². The third-order valence-corrected chi connectivity index (χ3v) is 7.65. The first kappa shape index (κ1) is 31.1. The zero-order valence-electron chi connectivity index (χ0n) is 23.4. The molecule has 0 fully saturated rings. The largest absolute Gasteiger partial charge is 0.494 e. The van der Waals surface area contributed by atoms with Crippen LogP contribution in [0.2, 0.25) is 0 Å². The van der Waals surface area contributed by atoms with E-state index in [-0.39, 0.29) is 30.8 Å². The van der Waals surface area contributed by atoms with E-state index in [1.165, 1.54) is 4.31 Å². The molecule has 0 radical (unpaired) electrons. The molecule has 2 amide bonds. The average Bonchev–Trinajstić information content (AvgIpc) is 2.89. The molecule has 1 N–H and O–H groups in total. The molecular weight excluding hydrogens is 502 g/mol. The highest BCUT2D eigenvalue weighted by Gasteiger charge is 2.29. The molecule has 8 nitrogen and oxygen atoms in total. The Balaban J connectivity index is 2.15. The van der Waals surface area contributed by atoms with Crippen LogP contribution in [-0.4, -0.2) is 63.2 Å². The molecule has 210 valence electrons. The first-order valence-corrected chi connectivity index (χ1v) is 15.3. The van der Waals surface area contributed by atoms with E-state index < -0.39 is 16.1 Å². The molecule has 0 aliphatic rings. The fourth-order valence-corrected chi connectivity index (χ4v) is 5.18. The normalized spacial score (nSPS) is 12.9. The van der Waals surface area contributed by atoms with Crippen LogP contribution in [0.5, 0.6) is 5.75 Å². The van der Waals surface area contributed by atoms with Crippen LogP contribution in [-0.2, 0) is 26.0 Å². The second-order valence-electron chi connectivity index (χ2n) is 9.43. The van der Waals surface area contributed by atoms with Gasteiger partial charge in [0, 0.05) is 25.6 Å². The summed E-state index contributed by atoms with van der Waals surface area (Å²) < 4.78 is 31.8. The number of sulfonamides is 1. The van der Waals surface area contributed by atoms with E-state index in [0.29, 0.717) is 43.9 Å². The Labute approximate surface area is 228 Å². The Hall–Kier alpha value is -3.07. The Kier molecular flexibility index (Phi) is 12.6. The van der Waals surface area contributed by atoms with Crippen molar-refractivity contribution < 1.29 is 22.7 Å². The number of amides is 2. The van der Waals surface area contributed by atoms with Gasteiger partial charge < -0.3 is 15.0 Å². The van der Waals surface area contributed by atoms with Gasteiger partial charge in [-0.25, -0.2) is 8.42 Å². The molecule has 0 saturated carbocycles. The van der Waals surface area contributed by atoms with Crippen LogP contribution in [0.3, 0.4) is 0 Å². The van der Waals surface area contributed by atoms with Gasteiger partial charge in [0.2, 0.25) is 21.8 Å². The van der Waals surface area contributed by atoms with E-state index in [0.717, 1.165) is 18.2 Å². The Morgan fingerprint density at radius 2 is 1.61 bits per heavy atom. The lowest BCUT2D eigenvalue weighted by atomic mass is 10.1. The van der Waals surface area contributed by atoms with Crippen LogP contribution in [0.4, 0.5) is 5.69 Å². The highest BCUT2D eigenvalue weighted by Crippen LogP contribution is 2.22. The molecule has 0 spiro atoms. The first-order valence-electron chi connectivity index (χ1n) is 13.4. The van der Waals surface area contributed by atoms with E-state index >= 15 is 0 Å². The highest BCUT2D eigenvalue weighted by atomic mass is 32.2. The quantitative estimate of drug-likeness (QED) is 0.337. The van der Waals surface area contributed by atoms with Gasteiger partial charge in [0.15, 0.2) is 0 Å². The molecule has 0 bridgehead atoms. The van der Waals surface area contributed by atoms with Crippen molar-refractivity contribution in [1.82, 2.24) is 10.2 Å². The van der Waals surface area contributed by atoms with Gasteiger partial charge in [-0.1, -0.05) is 44.2 Å². The maximum atomic E-state index is 13.5. The molecule has 2 atom stereocenters. The zero-order valence-corrected chi connectivity index (χ0v) is 24.2. The maximum Gasteiger partial charge on any atom is 0.243 e. The first-order chi connectivity index (χ1) is 18.1. The number of hydrogen-bond donors (Lipinski definition) is 1. The minimum absolute atomic E-state index is 0.0139. The predicted octanol–water partition coefficient (Wildman–Crippen LogP) is 4.40. The van der Waals surface area contributed by atoms with E-state index in [2.05, 4.69) is 5.32 Å². The molecule has 0 aromatic heterocycles. The summed E-state index contributed by atoms with van der Waals surface area (Å²) in [5.74, 6) is 0.345. The number of carbonyl (C=O) groups excluding carboxylic acids is 2. The fraction of sp³-hybridized carbons (Fsp3) is 0.517. The summed E-state index contributed by atoms with van der Waals surface area (Å²) in [4.78, 5) is 28.2. The predicted molar refractivity (Wildman–Crippen MR) is 153 cm³/mol. The number of anilines is 1. The van der Waals surface area contributed by atoms with Gasteiger partial charge in [0.05, 0.1) is 18.6 Å². The highest BCUT2D eigenvalue weighted by molar-refractivity contribution is 7.92. The van der Waals surface area contributed by atoms with Gasteiger partial charge in [-0.2, -0.15) is 0 Å². The number of carbonyl (C=O) groups is 2. The van der Waals surface area contributed by atoms with Gasteiger partial charge in [-0.05, 0) is 69.4 Å². The number of hydrogen-bond acceptors (Lipinski definition) is 5. The number of nitrogens with zero attached hydrogens (tertiary/aromatic N) is 2.